The molecule has 0 unspecified atom stereocenters. The zero-order valence-corrected chi connectivity index (χ0v) is 9.88. The summed E-state index contributed by atoms with van der Waals surface area (Å²) in [5.41, 5.74) is -0.232. The predicted molar refractivity (Wildman–Crippen MR) is 63.1 cm³/mol. The van der Waals surface area contributed by atoms with Gasteiger partial charge in [-0.2, -0.15) is 5.26 Å². The second kappa shape index (κ2) is 5.78. The number of anilines is 1. The topological polar surface area (TPSA) is 45.0 Å². The fourth-order valence-electron chi connectivity index (χ4n) is 1.56. The number of rotatable bonds is 6. The predicted octanol–water partition coefficient (Wildman–Crippen LogP) is 2.67. The maximum absolute atomic E-state index is 13.5. The molecule has 1 aliphatic carbocycles. The molecule has 1 aromatic carbocycles. The molecule has 0 spiro atoms. The summed E-state index contributed by atoms with van der Waals surface area (Å²) in [6, 6.07) is 4.21. The van der Waals surface area contributed by atoms with Gasteiger partial charge in [0.05, 0.1) is 17.9 Å². The van der Waals surface area contributed by atoms with Gasteiger partial charge in [0.15, 0.2) is 11.6 Å². The van der Waals surface area contributed by atoms with Crippen LogP contribution in [-0.4, -0.2) is 19.8 Å². The van der Waals surface area contributed by atoms with Crippen LogP contribution in [-0.2, 0) is 4.74 Å². The Morgan fingerprint density at radius 1 is 1.33 bits per heavy atom. The van der Waals surface area contributed by atoms with E-state index in [4.69, 9.17) is 10.00 Å². The van der Waals surface area contributed by atoms with Crippen LogP contribution in [0.25, 0.3) is 0 Å². The van der Waals surface area contributed by atoms with Crippen LogP contribution >= 0.6 is 0 Å². The van der Waals surface area contributed by atoms with Gasteiger partial charge in [-0.25, -0.2) is 8.78 Å². The van der Waals surface area contributed by atoms with Crippen molar-refractivity contribution in [1.82, 2.24) is 0 Å². The van der Waals surface area contributed by atoms with Crippen molar-refractivity contribution in [2.75, 3.05) is 25.1 Å². The van der Waals surface area contributed by atoms with E-state index in [0.717, 1.165) is 6.61 Å². The summed E-state index contributed by atoms with van der Waals surface area (Å²) >= 11 is 0. The van der Waals surface area contributed by atoms with Crippen LogP contribution in [0.4, 0.5) is 14.5 Å². The van der Waals surface area contributed by atoms with Crippen molar-refractivity contribution >= 4 is 5.69 Å². The Balaban J connectivity index is 1.81. The van der Waals surface area contributed by atoms with Crippen LogP contribution in [0.3, 0.4) is 0 Å². The number of halogens is 2. The minimum atomic E-state index is -1.11. The van der Waals surface area contributed by atoms with E-state index in [-0.39, 0.29) is 11.3 Å². The number of nitrogens with one attached hydrogen (secondary N) is 1. The van der Waals surface area contributed by atoms with Gasteiger partial charge in [-0.05, 0) is 30.9 Å². The minimum absolute atomic E-state index is 0.0570. The molecule has 0 saturated heterocycles. The molecule has 5 heteroatoms. The van der Waals surface area contributed by atoms with Crippen LogP contribution in [0.1, 0.15) is 18.4 Å². The van der Waals surface area contributed by atoms with Gasteiger partial charge in [0, 0.05) is 13.2 Å². The highest BCUT2D eigenvalue weighted by Crippen LogP contribution is 2.28. The van der Waals surface area contributed by atoms with E-state index in [1.165, 1.54) is 25.0 Å². The lowest BCUT2D eigenvalue weighted by Gasteiger charge is -2.09. The first-order valence-corrected chi connectivity index (χ1v) is 5.92. The summed E-state index contributed by atoms with van der Waals surface area (Å²) in [5.74, 6) is -1.44. The summed E-state index contributed by atoms with van der Waals surface area (Å²) in [7, 11) is 0. The van der Waals surface area contributed by atoms with Gasteiger partial charge < -0.3 is 10.1 Å². The second-order valence-corrected chi connectivity index (χ2v) is 4.35. The van der Waals surface area contributed by atoms with Crippen LogP contribution in [0.5, 0.6) is 0 Å². The smallest absolute Gasteiger partial charge is 0.183 e. The van der Waals surface area contributed by atoms with Crippen molar-refractivity contribution < 1.29 is 13.5 Å². The number of hydrogen-bond donors (Lipinski definition) is 1. The van der Waals surface area contributed by atoms with E-state index in [1.807, 2.05) is 0 Å². The van der Waals surface area contributed by atoms with Crippen molar-refractivity contribution in [3.8, 4) is 6.07 Å². The highest BCUT2D eigenvalue weighted by atomic mass is 19.2. The molecule has 1 saturated carbocycles. The summed E-state index contributed by atoms with van der Waals surface area (Å²) < 4.78 is 32.1. The van der Waals surface area contributed by atoms with E-state index in [0.29, 0.717) is 19.1 Å². The number of benzene rings is 1. The third-order valence-electron chi connectivity index (χ3n) is 2.82. The Bertz CT molecular complexity index is 467. The monoisotopic (exact) mass is 252 g/mol. The molecule has 1 N–H and O–H groups in total. The first-order valence-electron chi connectivity index (χ1n) is 5.92. The first kappa shape index (κ1) is 12.8. The van der Waals surface area contributed by atoms with Crippen molar-refractivity contribution in [2.45, 2.75) is 12.8 Å². The van der Waals surface area contributed by atoms with Gasteiger partial charge in [0.1, 0.15) is 6.07 Å². The summed E-state index contributed by atoms with van der Waals surface area (Å²) in [6.07, 6.45) is 2.45. The molecule has 1 aliphatic rings. The molecule has 2 rings (SSSR count). The van der Waals surface area contributed by atoms with E-state index < -0.39 is 11.6 Å². The van der Waals surface area contributed by atoms with Crippen molar-refractivity contribution in [3.05, 3.63) is 29.3 Å². The summed E-state index contributed by atoms with van der Waals surface area (Å²) in [5, 5.41) is 11.3. The highest BCUT2D eigenvalue weighted by Gasteiger charge is 2.20. The summed E-state index contributed by atoms with van der Waals surface area (Å²) in [4.78, 5) is 0. The van der Waals surface area contributed by atoms with Gasteiger partial charge >= 0.3 is 0 Å². The third kappa shape index (κ3) is 3.17. The lowest BCUT2D eigenvalue weighted by Crippen LogP contribution is -2.12. The largest absolute Gasteiger partial charge is 0.380 e. The molecule has 0 aliphatic heterocycles. The zero-order valence-electron chi connectivity index (χ0n) is 9.88. The Morgan fingerprint density at radius 3 is 2.78 bits per heavy atom. The number of hydrogen-bond acceptors (Lipinski definition) is 3. The minimum Gasteiger partial charge on any atom is -0.380 e. The van der Waals surface area contributed by atoms with Gasteiger partial charge in [0.25, 0.3) is 0 Å². The third-order valence-corrected chi connectivity index (χ3v) is 2.82. The number of nitriles is 1. The molecule has 0 heterocycles. The van der Waals surface area contributed by atoms with Gasteiger partial charge in [-0.15, -0.1) is 0 Å². The maximum Gasteiger partial charge on any atom is 0.183 e. The molecule has 18 heavy (non-hydrogen) atoms. The van der Waals surface area contributed by atoms with Crippen LogP contribution in [0, 0.1) is 28.9 Å². The molecule has 1 aromatic rings. The maximum atomic E-state index is 13.5. The lowest BCUT2D eigenvalue weighted by molar-refractivity contribution is 0.134. The van der Waals surface area contributed by atoms with Crippen molar-refractivity contribution in [3.63, 3.8) is 0 Å². The van der Waals surface area contributed by atoms with Crippen molar-refractivity contribution in [2.24, 2.45) is 5.92 Å². The Morgan fingerprint density at radius 2 is 2.11 bits per heavy atom. The fourth-order valence-corrected chi connectivity index (χ4v) is 1.56. The van der Waals surface area contributed by atoms with Gasteiger partial charge in [0.2, 0.25) is 0 Å². The quantitative estimate of drug-likeness (QED) is 0.792. The fraction of sp³-hybridized carbons (Fsp3) is 0.462. The Hall–Kier alpha value is -1.67. The lowest BCUT2D eigenvalue weighted by atomic mass is 10.2. The van der Waals surface area contributed by atoms with Crippen LogP contribution < -0.4 is 5.32 Å². The normalized spacial score (nSPS) is 14.3. The average molecular weight is 252 g/mol. The van der Waals surface area contributed by atoms with E-state index in [1.54, 1.807) is 6.07 Å². The molecule has 96 valence electrons. The number of nitrogens with zero attached hydrogens (tertiary/aromatic N) is 1. The molecule has 0 radical (unpaired) electrons. The highest BCUT2D eigenvalue weighted by molar-refractivity contribution is 5.49. The summed E-state index contributed by atoms with van der Waals surface area (Å²) in [6.45, 7) is 1.61. The molecular weight excluding hydrogens is 238 g/mol. The molecule has 0 bridgehead atoms. The Kier molecular flexibility index (Phi) is 4.11. The second-order valence-electron chi connectivity index (χ2n) is 4.35. The van der Waals surface area contributed by atoms with E-state index >= 15 is 0 Å². The molecule has 0 amide bonds. The van der Waals surface area contributed by atoms with E-state index in [2.05, 4.69) is 5.32 Å². The molecule has 0 atom stereocenters. The van der Waals surface area contributed by atoms with Gasteiger partial charge in [-0.3, -0.25) is 0 Å². The van der Waals surface area contributed by atoms with Gasteiger partial charge in [-0.1, -0.05) is 0 Å². The number of ether oxygens (including phenoxy) is 1. The molecule has 0 aromatic heterocycles. The molecular formula is C13H14F2N2O. The van der Waals surface area contributed by atoms with Crippen LogP contribution in [0.15, 0.2) is 12.1 Å². The SMILES string of the molecule is N#Cc1ccc(NCCOCC2CC2)c(F)c1F. The zero-order chi connectivity index (χ0) is 13.0. The molecule has 3 nitrogen and oxygen atoms in total. The first-order chi connectivity index (χ1) is 8.72. The standard InChI is InChI=1S/C13H14F2N2O/c14-12-10(7-16)3-4-11(13(12)15)17-5-6-18-8-9-1-2-9/h3-4,9,17H,1-2,5-6,8H2. The Labute approximate surface area is 104 Å². The average Bonchev–Trinajstić information content (AvgIpc) is 3.18. The molecule has 1 fully saturated rings. The van der Waals surface area contributed by atoms with E-state index in [9.17, 15) is 8.78 Å². The van der Waals surface area contributed by atoms with Crippen LogP contribution in [0.2, 0.25) is 0 Å². The van der Waals surface area contributed by atoms with Crippen molar-refractivity contribution in [1.29, 1.82) is 5.26 Å².